The Morgan fingerprint density at radius 1 is 1.27 bits per heavy atom. The summed E-state index contributed by atoms with van der Waals surface area (Å²) in [5, 5.41) is 8.77. The van der Waals surface area contributed by atoms with Gasteiger partial charge in [-0.2, -0.15) is 0 Å². The maximum Gasteiger partial charge on any atom is 0.329 e. The van der Waals surface area contributed by atoms with Gasteiger partial charge in [-0.25, -0.2) is 4.79 Å². The first-order valence-corrected chi connectivity index (χ1v) is 6.88. The van der Waals surface area contributed by atoms with E-state index in [1.807, 2.05) is 24.3 Å². The van der Waals surface area contributed by atoms with Crippen LogP contribution < -0.4 is 4.74 Å². The number of aliphatic carboxylic acids is 1. The second-order valence-corrected chi connectivity index (χ2v) is 5.15. The van der Waals surface area contributed by atoms with Crippen LogP contribution >= 0.6 is 0 Å². The lowest BCUT2D eigenvalue weighted by Crippen LogP contribution is -2.37. The summed E-state index contributed by atoms with van der Waals surface area (Å²) >= 11 is 0. The normalized spacial score (nSPS) is 18.0. The van der Waals surface area contributed by atoms with Crippen LogP contribution in [-0.4, -0.2) is 41.8 Å². The van der Waals surface area contributed by atoms with E-state index in [2.05, 4.69) is 0 Å². The minimum atomic E-state index is -1.06. The van der Waals surface area contributed by atoms with Crippen LogP contribution in [0.4, 0.5) is 0 Å². The number of ether oxygens (including phenoxy) is 2. The van der Waals surface area contributed by atoms with Crippen LogP contribution in [0.25, 0.3) is 0 Å². The third kappa shape index (κ3) is 3.28. The van der Waals surface area contributed by atoms with Crippen molar-refractivity contribution < 1.29 is 24.2 Å². The molecule has 1 aliphatic heterocycles. The standard InChI is InChI=1S/C16H19NO5/c1-10-11(2)16(22-9-14(18)19)17(15(10)20)8-12-4-6-13(21-3)7-5-12/h4-7,16H,8-9H2,1-3H3,(H,18,19). The van der Waals surface area contributed by atoms with Crippen molar-refractivity contribution in [3.63, 3.8) is 0 Å². The fraction of sp³-hybridized carbons (Fsp3) is 0.375. The van der Waals surface area contributed by atoms with Gasteiger partial charge in [-0.3, -0.25) is 4.79 Å². The Morgan fingerprint density at radius 3 is 2.45 bits per heavy atom. The van der Waals surface area contributed by atoms with Crippen LogP contribution in [0.3, 0.4) is 0 Å². The van der Waals surface area contributed by atoms with Crippen molar-refractivity contribution in [3.8, 4) is 5.75 Å². The predicted octanol–water partition coefficient (Wildman–Crippen LogP) is 1.80. The molecule has 0 bridgehead atoms. The van der Waals surface area contributed by atoms with Crippen LogP contribution in [0.15, 0.2) is 35.4 Å². The number of hydrogen-bond acceptors (Lipinski definition) is 4. The van der Waals surface area contributed by atoms with E-state index in [1.54, 1.807) is 21.0 Å². The van der Waals surface area contributed by atoms with E-state index >= 15 is 0 Å². The van der Waals surface area contributed by atoms with E-state index in [1.165, 1.54) is 4.90 Å². The Bertz CT molecular complexity index is 605. The van der Waals surface area contributed by atoms with E-state index in [-0.39, 0.29) is 5.91 Å². The van der Waals surface area contributed by atoms with Gasteiger partial charge >= 0.3 is 5.97 Å². The van der Waals surface area contributed by atoms with Gasteiger partial charge in [0.15, 0.2) is 6.23 Å². The maximum atomic E-state index is 12.3. The summed E-state index contributed by atoms with van der Waals surface area (Å²) in [5.74, 6) is -0.460. The van der Waals surface area contributed by atoms with Crippen LogP contribution in [0, 0.1) is 0 Å². The average Bonchev–Trinajstić information content (AvgIpc) is 2.70. The highest BCUT2D eigenvalue weighted by Crippen LogP contribution is 2.28. The third-order valence-electron chi connectivity index (χ3n) is 3.70. The number of carbonyl (C=O) groups excluding carboxylic acids is 1. The molecule has 1 amide bonds. The molecule has 22 heavy (non-hydrogen) atoms. The summed E-state index contributed by atoms with van der Waals surface area (Å²) in [6.45, 7) is 3.42. The average molecular weight is 305 g/mol. The van der Waals surface area contributed by atoms with Crippen LogP contribution in [0.5, 0.6) is 5.75 Å². The van der Waals surface area contributed by atoms with Gasteiger partial charge in [-0.15, -0.1) is 0 Å². The lowest BCUT2D eigenvalue weighted by Gasteiger charge is -2.26. The molecule has 0 aromatic heterocycles. The van der Waals surface area contributed by atoms with Crippen molar-refractivity contribution in [2.45, 2.75) is 26.6 Å². The second kappa shape index (κ2) is 6.62. The number of amides is 1. The van der Waals surface area contributed by atoms with E-state index in [4.69, 9.17) is 14.6 Å². The molecule has 1 aromatic rings. The monoisotopic (exact) mass is 305 g/mol. The Kier molecular flexibility index (Phi) is 4.82. The molecule has 0 saturated heterocycles. The van der Waals surface area contributed by atoms with Crippen LogP contribution in [0.2, 0.25) is 0 Å². The summed E-state index contributed by atoms with van der Waals surface area (Å²) in [6, 6.07) is 7.36. The quantitative estimate of drug-likeness (QED) is 0.867. The number of carboxylic acid groups (broad SMARTS) is 1. The zero-order chi connectivity index (χ0) is 16.3. The number of methoxy groups -OCH3 is 1. The van der Waals surface area contributed by atoms with E-state index in [9.17, 15) is 9.59 Å². The summed E-state index contributed by atoms with van der Waals surface area (Å²) in [7, 11) is 1.59. The Hall–Kier alpha value is -2.34. The van der Waals surface area contributed by atoms with Crippen LogP contribution in [-0.2, 0) is 20.9 Å². The third-order valence-corrected chi connectivity index (χ3v) is 3.70. The van der Waals surface area contributed by atoms with Crippen LogP contribution in [0.1, 0.15) is 19.4 Å². The summed E-state index contributed by atoms with van der Waals surface area (Å²) in [6.07, 6.45) is -0.634. The minimum absolute atomic E-state index is 0.135. The van der Waals surface area contributed by atoms with Gasteiger partial charge in [0.25, 0.3) is 5.91 Å². The molecule has 0 aliphatic carbocycles. The Labute approximate surface area is 128 Å². The zero-order valence-corrected chi connectivity index (χ0v) is 12.8. The lowest BCUT2D eigenvalue weighted by molar-refractivity contribution is -0.151. The molecular formula is C16H19NO5. The molecule has 1 heterocycles. The first kappa shape index (κ1) is 16.0. The van der Waals surface area contributed by atoms with Crippen molar-refractivity contribution in [2.75, 3.05) is 13.7 Å². The minimum Gasteiger partial charge on any atom is -0.497 e. The Morgan fingerprint density at radius 2 is 1.91 bits per heavy atom. The van der Waals surface area contributed by atoms with Gasteiger partial charge in [0.05, 0.1) is 7.11 Å². The first-order valence-electron chi connectivity index (χ1n) is 6.88. The number of rotatable bonds is 6. The summed E-state index contributed by atoms with van der Waals surface area (Å²) in [5.41, 5.74) is 2.27. The first-order chi connectivity index (χ1) is 10.4. The van der Waals surface area contributed by atoms with Crippen molar-refractivity contribution in [1.29, 1.82) is 0 Å². The number of nitrogens with zero attached hydrogens (tertiary/aromatic N) is 1. The van der Waals surface area contributed by atoms with E-state index in [0.29, 0.717) is 12.1 Å². The predicted molar refractivity (Wildman–Crippen MR) is 79.3 cm³/mol. The second-order valence-electron chi connectivity index (χ2n) is 5.15. The molecule has 6 heteroatoms. The number of benzene rings is 1. The highest BCUT2D eigenvalue weighted by molar-refractivity contribution is 5.96. The van der Waals surface area contributed by atoms with Gasteiger partial charge in [-0.1, -0.05) is 12.1 Å². The van der Waals surface area contributed by atoms with E-state index in [0.717, 1.165) is 16.9 Å². The van der Waals surface area contributed by atoms with Crippen molar-refractivity contribution in [2.24, 2.45) is 0 Å². The van der Waals surface area contributed by atoms with Gasteiger partial charge in [0.1, 0.15) is 12.4 Å². The topological polar surface area (TPSA) is 76.1 Å². The molecule has 0 saturated carbocycles. The van der Waals surface area contributed by atoms with Crippen molar-refractivity contribution >= 4 is 11.9 Å². The van der Waals surface area contributed by atoms with Crippen molar-refractivity contribution in [3.05, 3.63) is 41.0 Å². The number of carbonyl (C=O) groups is 2. The summed E-state index contributed by atoms with van der Waals surface area (Å²) in [4.78, 5) is 24.6. The number of carboxylic acids is 1. The van der Waals surface area contributed by atoms with Gasteiger partial charge in [0, 0.05) is 12.1 Å². The molecule has 118 valence electrons. The molecular weight excluding hydrogens is 286 g/mol. The highest BCUT2D eigenvalue weighted by atomic mass is 16.5. The van der Waals surface area contributed by atoms with Gasteiger partial charge in [0.2, 0.25) is 0 Å². The summed E-state index contributed by atoms with van der Waals surface area (Å²) < 4.78 is 10.5. The molecule has 0 fully saturated rings. The molecule has 1 unspecified atom stereocenters. The maximum absolute atomic E-state index is 12.3. The SMILES string of the molecule is COc1ccc(CN2C(=O)C(C)=C(C)C2OCC(=O)O)cc1. The molecule has 1 atom stereocenters. The molecule has 0 radical (unpaired) electrons. The molecule has 1 N–H and O–H groups in total. The molecule has 6 nitrogen and oxygen atoms in total. The lowest BCUT2D eigenvalue weighted by atomic mass is 10.2. The fourth-order valence-corrected chi connectivity index (χ4v) is 2.36. The zero-order valence-electron chi connectivity index (χ0n) is 12.8. The van der Waals surface area contributed by atoms with Crippen molar-refractivity contribution in [1.82, 2.24) is 4.90 Å². The molecule has 1 aliphatic rings. The number of hydrogen-bond donors (Lipinski definition) is 1. The smallest absolute Gasteiger partial charge is 0.329 e. The Balaban J connectivity index is 2.15. The highest BCUT2D eigenvalue weighted by Gasteiger charge is 2.35. The molecule has 0 spiro atoms. The molecule has 1 aromatic carbocycles. The van der Waals surface area contributed by atoms with Gasteiger partial charge in [-0.05, 0) is 37.1 Å². The fourth-order valence-electron chi connectivity index (χ4n) is 2.36. The van der Waals surface area contributed by atoms with E-state index < -0.39 is 18.8 Å². The molecule has 2 rings (SSSR count). The van der Waals surface area contributed by atoms with Gasteiger partial charge < -0.3 is 19.5 Å². The largest absolute Gasteiger partial charge is 0.497 e.